The first-order valence-corrected chi connectivity index (χ1v) is 6.09. The normalized spacial score (nSPS) is 9.93. The average molecular weight is 231 g/mol. The van der Waals surface area contributed by atoms with E-state index >= 15 is 0 Å². The minimum Gasteiger partial charge on any atom is -0.464 e. The first kappa shape index (κ1) is 11.3. The molecule has 0 spiro atoms. The van der Waals surface area contributed by atoms with Crippen LogP contribution in [0.3, 0.4) is 0 Å². The minimum atomic E-state index is -0.487. The number of methoxy groups -OCH3 is 1. The van der Waals surface area contributed by atoms with Gasteiger partial charge in [0.15, 0.2) is 10.7 Å². The summed E-state index contributed by atoms with van der Waals surface area (Å²) >= 11 is 2.64. The van der Waals surface area contributed by atoms with Crippen molar-refractivity contribution in [3.63, 3.8) is 0 Å². The molecular formula is C7H9N3O2S2. The predicted octanol–water partition coefficient (Wildman–Crippen LogP) is 1.10. The fourth-order valence-electron chi connectivity index (χ4n) is 0.755. The SMILES string of the molecule is COC(=O)c1nc(SC)nnc1SC. The van der Waals surface area contributed by atoms with Crippen LogP contribution < -0.4 is 0 Å². The number of hydrogen-bond acceptors (Lipinski definition) is 7. The molecule has 0 N–H and O–H groups in total. The van der Waals surface area contributed by atoms with E-state index in [1.807, 2.05) is 6.26 Å². The molecule has 14 heavy (non-hydrogen) atoms. The molecule has 0 atom stereocenters. The topological polar surface area (TPSA) is 65.0 Å². The summed E-state index contributed by atoms with van der Waals surface area (Å²) < 4.78 is 4.59. The van der Waals surface area contributed by atoms with Crippen molar-refractivity contribution in [1.82, 2.24) is 15.2 Å². The molecule has 1 rings (SSSR count). The highest BCUT2D eigenvalue weighted by molar-refractivity contribution is 7.98. The lowest BCUT2D eigenvalue weighted by Gasteiger charge is -2.03. The Bertz CT molecular complexity index is 346. The second-order valence-corrected chi connectivity index (χ2v) is 3.72. The van der Waals surface area contributed by atoms with E-state index in [-0.39, 0.29) is 5.69 Å². The quantitative estimate of drug-likeness (QED) is 0.570. The summed E-state index contributed by atoms with van der Waals surface area (Å²) in [6.45, 7) is 0. The van der Waals surface area contributed by atoms with Crippen molar-refractivity contribution in [1.29, 1.82) is 0 Å². The molecule has 0 radical (unpaired) electrons. The summed E-state index contributed by atoms with van der Waals surface area (Å²) in [7, 11) is 1.31. The fourth-order valence-corrected chi connectivity index (χ4v) is 1.50. The van der Waals surface area contributed by atoms with Gasteiger partial charge in [-0.3, -0.25) is 0 Å². The highest BCUT2D eigenvalue weighted by Gasteiger charge is 2.16. The summed E-state index contributed by atoms with van der Waals surface area (Å²) in [6.07, 6.45) is 3.62. The zero-order valence-electron chi connectivity index (χ0n) is 7.97. The number of nitrogens with zero attached hydrogens (tertiary/aromatic N) is 3. The Labute approximate surface area is 90.0 Å². The molecule has 0 amide bonds. The van der Waals surface area contributed by atoms with Crippen LogP contribution in [0.2, 0.25) is 0 Å². The number of rotatable bonds is 3. The van der Waals surface area contributed by atoms with Crippen LogP contribution in [0, 0.1) is 0 Å². The van der Waals surface area contributed by atoms with Gasteiger partial charge in [-0.1, -0.05) is 11.8 Å². The van der Waals surface area contributed by atoms with E-state index in [0.29, 0.717) is 10.2 Å². The van der Waals surface area contributed by atoms with Crippen molar-refractivity contribution in [2.45, 2.75) is 10.2 Å². The molecule has 0 bridgehead atoms. The Morgan fingerprint density at radius 2 is 2.00 bits per heavy atom. The molecule has 0 fully saturated rings. The lowest BCUT2D eigenvalue weighted by Crippen LogP contribution is -2.09. The molecule has 0 aliphatic rings. The van der Waals surface area contributed by atoms with E-state index in [2.05, 4.69) is 19.9 Å². The standard InChI is InChI=1S/C7H9N3O2S2/c1-12-6(11)4-5(13-2)9-10-7(8-4)14-3/h1-3H3. The van der Waals surface area contributed by atoms with E-state index in [1.54, 1.807) is 6.26 Å². The second kappa shape index (κ2) is 5.16. The molecule has 1 heterocycles. The first-order chi connectivity index (χ1) is 6.72. The lowest BCUT2D eigenvalue weighted by molar-refractivity contribution is 0.0586. The maximum atomic E-state index is 11.3. The van der Waals surface area contributed by atoms with Crippen LogP contribution in [-0.2, 0) is 4.74 Å². The summed E-state index contributed by atoms with van der Waals surface area (Å²) in [5.41, 5.74) is 0.222. The lowest BCUT2D eigenvalue weighted by atomic mass is 10.5. The van der Waals surface area contributed by atoms with Gasteiger partial charge in [0.1, 0.15) is 0 Å². The number of carbonyl (C=O) groups is 1. The van der Waals surface area contributed by atoms with Gasteiger partial charge in [-0.2, -0.15) is 0 Å². The summed E-state index contributed by atoms with van der Waals surface area (Å²) in [6, 6.07) is 0. The zero-order valence-corrected chi connectivity index (χ0v) is 9.61. The number of hydrogen-bond donors (Lipinski definition) is 0. The highest BCUT2D eigenvalue weighted by atomic mass is 32.2. The summed E-state index contributed by atoms with van der Waals surface area (Å²) in [4.78, 5) is 15.3. The van der Waals surface area contributed by atoms with Gasteiger partial charge in [0, 0.05) is 0 Å². The molecule has 0 saturated carbocycles. The summed E-state index contributed by atoms with van der Waals surface area (Å²) in [5.74, 6) is -0.487. The third-order valence-electron chi connectivity index (χ3n) is 1.39. The predicted molar refractivity (Wildman–Crippen MR) is 54.7 cm³/mol. The first-order valence-electron chi connectivity index (χ1n) is 3.64. The smallest absolute Gasteiger partial charge is 0.359 e. The number of ether oxygens (including phenoxy) is 1. The molecule has 76 valence electrons. The summed E-state index contributed by atoms with van der Waals surface area (Å²) in [5, 5.41) is 8.63. The van der Waals surface area contributed by atoms with E-state index in [1.165, 1.54) is 30.6 Å². The largest absolute Gasteiger partial charge is 0.464 e. The Hall–Kier alpha value is -0.820. The van der Waals surface area contributed by atoms with E-state index in [9.17, 15) is 4.79 Å². The van der Waals surface area contributed by atoms with Gasteiger partial charge in [0.2, 0.25) is 5.16 Å². The van der Waals surface area contributed by atoms with Crippen LogP contribution >= 0.6 is 23.5 Å². The maximum absolute atomic E-state index is 11.3. The van der Waals surface area contributed by atoms with Crippen molar-refractivity contribution >= 4 is 29.5 Å². The van der Waals surface area contributed by atoms with Crippen molar-refractivity contribution in [2.75, 3.05) is 19.6 Å². The van der Waals surface area contributed by atoms with Crippen molar-refractivity contribution in [2.24, 2.45) is 0 Å². The Morgan fingerprint density at radius 1 is 1.29 bits per heavy atom. The van der Waals surface area contributed by atoms with Crippen LogP contribution in [0.1, 0.15) is 10.5 Å². The third kappa shape index (κ3) is 2.36. The number of thioether (sulfide) groups is 2. The molecule has 5 nitrogen and oxygen atoms in total. The van der Waals surface area contributed by atoms with Gasteiger partial charge in [-0.05, 0) is 12.5 Å². The van der Waals surface area contributed by atoms with Crippen LogP contribution in [0.5, 0.6) is 0 Å². The van der Waals surface area contributed by atoms with Crippen molar-refractivity contribution in [3.05, 3.63) is 5.69 Å². The van der Waals surface area contributed by atoms with Gasteiger partial charge >= 0.3 is 5.97 Å². The Morgan fingerprint density at radius 3 is 2.50 bits per heavy atom. The molecule has 0 unspecified atom stereocenters. The Balaban J connectivity index is 3.14. The molecule has 0 saturated heterocycles. The monoisotopic (exact) mass is 231 g/mol. The fraction of sp³-hybridized carbons (Fsp3) is 0.429. The van der Waals surface area contributed by atoms with Gasteiger partial charge in [-0.15, -0.1) is 22.0 Å². The number of aromatic nitrogens is 3. The van der Waals surface area contributed by atoms with Gasteiger partial charge in [0.25, 0.3) is 0 Å². The number of esters is 1. The molecule has 0 aromatic carbocycles. The van der Waals surface area contributed by atoms with E-state index in [0.717, 1.165) is 0 Å². The molecule has 1 aromatic heterocycles. The second-order valence-electron chi connectivity index (χ2n) is 2.15. The Kier molecular flexibility index (Phi) is 4.15. The van der Waals surface area contributed by atoms with Crippen LogP contribution in [0.15, 0.2) is 10.2 Å². The van der Waals surface area contributed by atoms with Gasteiger partial charge < -0.3 is 4.74 Å². The molecule has 1 aromatic rings. The molecule has 7 heteroatoms. The zero-order chi connectivity index (χ0) is 10.6. The minimum absolute atomic E-state index is 0.222. The van der Waals surface area contributed by atoms with Crippen LogP contribution in [0.25, 0.3) is 0 Å². The highest BCUT2D eigenvalue weighted by Crippen LogP contribution is 2.17. The maximum Gasteiger partial charge on any atom is 0.359 e. The van der Waals surface area contributed by atoms with E-state index in [4.69, 9.17) is 0 Å². The molecule has 0 aliphatic carbocycles. The van der Waals surface area contributed by atoms with Crippen molar-refractivity contribution in [3.8, 4) is 0 Å². The van der Waals surface area contributed by atoms with E-state index < -0.39 is 5.97 Å². The average Bonchev–Trinajstić information content (AvgIpc) is 2.27. The molecular weight excluding hydrogens is 222 g/mol. The van der Waals surface area contributed by atoms with Crippen molar-refractivity contribution < 1.29 is 9.53 Å². The van der Waals surface area contributed by atoms with Crippen LogP contribution in [-0.4, -0.2) is 40.8 Å². The van der Waals surface area contributed by atoms with Gasteiger partial charge in [0.05, 0.1) is 7.11 Å². The third-order valence-corrected chi connectivity index (χ3v) is 2.59. The van der Waals surface area contributed by atoms with Crippen LogP contribution in [0.4, 0.5) is 0 Å². The van der Waals surface area contributed by atoms with Gasteiger partial charge in [-0.25, -0.2) is 9.78 Å². The number of carbonyl (C=O) groups excluding carboxylic acids is 1. The molecule has 0 aliphatic heterocycles.